The number of hydrogen-bond acceptors (Lipinski definition) is 3. The fraction of sp³-hybridized carbons (Fsp3) is 0.471. The smallest absolute Gasteiger partial charge is 0.249 e. The van der Waals surface area contributed by atoms with Crippen LogP contribution < -0.4 is 17.2 Å². The summed E-state index contributed by atoms with van der Waals surface area (Å²) in [4.78, 5) is 34.9. The SMILES string of the molecule is CCCCC(CC)Cc1c(C(N)=O)cc(C(N)=O)cc1C(N)=O. The van der Waals surface area contributed by atoms with Crippen molar-refractivity contribution in [1.29, 1.82) is 0 Å². The molecule has 0 fully saturated rings. The lowest BCUT2D eigenvalue weighted by atomic mass is 9.86. The minimum Gasteiger partial charge on any atom is -0.366 e. The van der Waals surface area contributed by atoms with Crippen molar-refractivity contribution in [3.63, 3.8) is 0 Å². The molecule has 0 saturated carbocycles. The predicted molar refractivity (Wildman–Crippen MR) is 89.0 cm³/mol. The normalized spacial score (nSPS) is 11.9. The van der Waals surface area contributed by atoms with Crippen LogP contribution in [0.1, 0.15) is 76.2 Å². The number of carbonyl (C=O) groups excluding carboxylic acids is 3. The molecule has 23 heavy (non-hydrogen) atoms. The Morgan fingerprint density at radius 1 is 0.957 bits per heavy atom. The van der Waals surface area contributed by atoms with E-state index in [1.807, 2.05) is 0 Å². The Kier molecular flexibility index (Phi) is 6.75. The first kappa shape index (κ1) is 18.7. The second-order valence-corrected chi connectivity index (χ2v) is 5.76. The van der Waals surface area contributed by atoms with Crippen LogP contribution in [0.15, 0.2) is 12.1 Å². The Morgan fingerprint density at radius 2 is 1.48 bits per heavy atom. The zero-order valence-corrected chi connectivity index (χ0v) is 13.7. The molecule has 0 heterocycles. The summed E-state index contributed by atoms with van der Waals surface area (Å²) in [6, 6.07) is 2.69. The van der Waals surface area contributed by atoms with Gasteiger partial charge in [0, 0.05) is 16.7 Å². The maximum atomic E-state index is 11.8. The second kappa shape index (κ2) is 8.31. The minimum atomic E-state index is -0.737. The number of unbranched alkanes of at least 4 members (excludes halogenated alkanes) is 1. The molecule has 1 rings (SSSR count). The first-order valence-corrected chi connectivity index (χ1v) is 7.88. The van der Waals surface area contributed by atoms with E-state index in [1.165, 1.54) is 12.1 Å². The highest BCUT2D eigenvalue weighted by Gasteiger charge is 2.22. The fourth-order valence-electron chi connectivity index (χ4n) is 2.71. The van der Waals surface area contributed by atoms with Gasteiger partial charge >= 0.3 is 0 Å². The number of amides is 3. The molecule has 0 aromatic heterocycles. The molecule has 126 valence electrons. The van der Waals surface area contributed by atoms with Crippen LogP contribution in [-0.4, -0.2) is 17.7 Å². The summed E-state index contributed by atoms with van der Waals surface area (Å²) in [5.74, 6) is -1.82. The van der Waals surface area contributed by atoms with Crippen LogP contribution in [-0.2, 0) is 6.42 Å². The van der Waals surface area contributed by atoms with Crippen LogP contribution in [0.2, 0.25) is 0 Å². The van der Waals surface area contributed by atoms with Crippen molar-refractivity contribution in [1.82, 2.24) is 0 Å². The Bertz CT molecular complexity index is 576. The van der Waals surface area contributed by atoms with Crippen molar-refractivity contribution >= 4 is 17.7 Å². The lowest BCUT2D eigenvalue weighted by Gasteiger charge is -2.19. The van der Waals surface area contributed by atoms with Gasteiger partial charge < -0.3 is 17.2 Å². The molecule has 6 N–H and O–H groups in total. The summed E-state index contributed by atoms with van der Waals surface area (Å²) in [6.07, 6.45) is 4.55. The minimum absolute atomic E-state index is 0.0537. The number of primary amides is 3. The van der Waals surface area contributed by atoms with Gasteiger partial charge in [-0.3, -0.25) is 14.4 Å². The van der Waals surface area contributed by atoms with Gasteiger partial charge in [0.1, 0.15) is 0 Å². The molecule has 3 amide bonds. The van der Waals surface area contributed by atoms with Crippen LogP contribution in [0.4, 0.5) is 0 Å². The van der Waals surface area contributed by atoms with Gasteiger partial charge in [0.2, 0.25) is 17.7 Å². The number of nitrogens with two attached hydrogens (primary N) is 3. The first-order chi connectivity index (χ1) is 10.8. The van der Waals surface area contributed by atoms with Crippen molar-refractivity contribution in [2.24, 2.45) is 23.1 Å². The van der Waals surface area contributed by atoms with E-state index in [0.717, 1.165) is 25.7 Å². The van der Waals surface area contributed by atoms with Crippen LogP contribution >= 0.6 is 0 Å². The molecule has 6 nitrogen and oxygen atoms in total. The molecule has 0 aliphatic rings. The molecule has 0 bridgehead atoms. The average Bonchev–Trinajstić information content (AvgIpc) is 2.50. The van der Waals surface area contributed by atoms with E-state index >= 15 is 0 Å². The van der Waals surface area contributed by atoms with E-state index in [-0.39, 0.29) is 16.7 Å². The van der Waals surface area contributed by atoms with Crippen molar-refractivity contribution in [2.75, 3.05) is 0 Å². The van der Waals surface area contributed by atoms with Gasteiger partial charge in [0.05, 0.1) is 0 Å². The molecule has 0 saturated heterocycles. The summed E-state index contributed by atoms with van der Waals surface area (Å²) in [6.45, 7) is 4.17. The number of rotatable bonds is 9. The molecular formula is C17H25N3O3. The molecule has 1 aromatic rings. The quantitative estimate of drug-likeness (QED) is 0.641. The highest BCUT2D eigenvalue weighted by atomic mass is 16.2. The Morgan fingerprint density at radius 3 is 1.83 bits per heavy atom. The van der Waals surface area contributed by atoms with Crippen LogP contribution in [0.3, 0.4) is 0 Å². The van der Waals surface area contributed by atoms with E-state index in [9.17, 15) is 14.4 Å². The van der Waals surface area contributed by atoms with Gasteiger partial charge in [-0.05, 0) is 30.0 Å². The fourth-order valence-corrected chi connectivity index (χ4v) is 2.71. The average molecular weight is 319 g/mol. The van der Waals surface area contributed by atoms with E-state index in [1.54, 1.807) is 0 Å². The lowest BCUT2D eigenvalue weighted by Crippen LogP contribution is -2.24. The molecule has 6 heteroatoms. The third kappa shape index (κ3) is 4.81. The van der Waals surface area contributed by atoms with Gasteiger partial charge in [-0.2, -0.15) is 0 Å². The standard InChI is InChI=1S/C17H25N3O3/c1-3-5-6-10(4-2)7-12-13(16(19)22)8-11(15(18)21)9-14(12)17(20)23/h8-10H,3-7H2,1-2H3,(H2,18,21)(H2,19,22)(H2,20,23). The van der Waals surface area contributed by atoms with Gasteiger partial charge in [0.15, 0.2) is 0 Å². The van der Waals surface area contributed by atoms with Crippen LogP contribution in [0.5, 0.6) is 0 Å². The van der Waals surface area contributed by atoms with Crippen LogP contribution in [0.25, 0.3) is 0 Å². The van der Waals surface area contributed by atoms with E-state index < -0.39 is 17.7 Å². The summed E-state index contributed by atoms with van der Waals surface area (Å²) >= 11 is 0. The Balaban J connectivity index is 3.39. The maximum Gasteiger partial charge on any atom is 0.249 e. The van der Waals surface area contributed by atoms with Gasteiger partial charge in [0.25, 0.3) is 0 Å². The molecule has 1 atom stereocenters. The number of benzene rings is 1. The van der Waals surface area contributed by atoms with Crippen molar-refractivity contribution in [3.05, 3.63) is 34.4 Å². The second-order valence-electron chi connectivity index (χ2n) is 5.76. The molecule has 0 aliphatic heterocycles. The number of hydrogen-bond donors (Lipinski definition) is 3. The van der Waals surface area contributed by atoms with Gasteiger partial charge in [-0.15, -0.1) is 0 Å². The molecule has 1 aromatic carbocycles. The molecule has 0 spiro atoms. The zero-order chi connectivity index (χ0) is 17.6. The Hall–Kier alpha value is -2.37. The van der Waals surface area contributed by atoms with Crippen molar-refractivity contribution in [2.45, 2.75) is 46.0 Å². The third-order valence-electron chi connectivity index (χ3n) is 4.10. The third-order valence-corrected chi connectivity index (χ3v) is 4.10. The lowest BCUT2D eigenvalue weighted by molar-refractivity contribution is 0.0998. The van der Waals surface area contributed by atoms with E-state index in [2.05, 4.69) is 13.8 Å². The van der Waals surface area contributed by atoms with E-state index in [4.69, 9.17) is 17.2 Å². The summed E-state index contributed by atoms with van der Waals surface area (Å²) in [5, 5.41) is 0. The maximum absolute atomic E-state index is 11.8. The van der Waals surface area contributed by atoms with Gasteiger partial charge in [-0.1, -0.05) is 39.5 Å². The van der Waals surface area contributed by atoms with Crippen molar-refractivity contribution < 1.29 is 14.4 Å². The van der Waals surface area contributed by atoms with Crippen LogP contribution in [0, 0.1) is 5.92 Å². The predicted octanol–water partition coefficient (Wildman–Crippen LogP) is 1.74. The zero-order valence-electron chi connectivity index (χ0n) is 13.7. The molecule has 0 aliphatic carbocycles. The first-order valence-electron chi connectivity index (χ1n) is 7.88. The summed E-state index contributed by atoms with van der Waals surface area (Å²) in [7, 11) is 0. The summed E-state index contributed by atoms with van der Waals surface area (Å²) in [5.41, 5.74) is 17.0. The number of carbonyl (C=O) groups is 3. The topological polar surface area (TPSA) is 129 Å². The van der Waals surface area contributed by atoms with E-state index in [0.29, 0.717) is 17.9 Å². The molecular weight excluding hydrogens is 294 g/mol. The van der Waals surface area contributed by atoms with Crippen molar-refractivity contribution in [3.8, 4) is 0 Å². The Labute approximate surface area is 136 Å². The van der Waals surface area contributed by atoms with Gasteiger partial charge in [-0.25, -0.2) is 0 Å². The molecule has 0 radical (unpaired) electrons. The summed E-state index contributed by atoms with van der Waals surface area (Å²) < 4.78 is 0. The monoisotopic (exact) mass is 319 g/mol. The highest BCUT2D eigenvalue weighted by Crippen LogP contribution is 2.25. The molecule has 1 unspecified atom stereocenters. The highest BCUT2D eigenvalue weighted by molar-refractivity contribution is 6.05. The largest absolute Gasteiger partial charge is 0.366 e.